The van der Waals surface area contributed by atoms with Gasteiger partial charge in [0.1, 0.15) is 5.82 Å². The molecule has 9 nitrogen and oxygen atoms in total. The maximum atomic E-state index is 12.9. The van der Waals surface area contributed by atoms with Crippen LogP contribution in [0.3, 0.4) is 0 Å². The fourth-order valence-electron chi connectivity index (χ4n) is 3.59. The van der Waals surface area contributed by atoms with E-state index in [9.17, 15) is 19.2 Å². The lowest BCUT2D eigenvalue weighted by molar-refractivity contribution is -0.130. The van der Waals surface area contributed by atoms with Crippen LogP contribution in [0.2, 0.25) is 0 Å². The molecule has 1 aromatic heterocycles. The van der Waals surface area contributed by atoms with E-state index in [1.165, 1.54) is 12.1 Å². The van der Waals surface area contributed by atoms with Crippen molar-refractivity contribution < 1.29 is 19.1 Å². The molecule has 2 heterocycles. The molecule has 2 aromatic rings. The number of carbonyl (C=O) groups excluding carboxylic acids is 3. The molecule has 3 N–H and O–H groups in total. The molecule has 3 rings (SSSR count). The number of aromatic nitrogens is 2. The van der Waals surface area contributed by atoms with Crippen LogP contribution in [0.5, 0.6) is 0 Å². The average Bonchev–Trinajstić information content (AvgIpc) is 2.66. The Hall–Kier alpha value is -3.23. The summed E-state index contributed by atoms with van der Waals surface area (Å²) in [5.74, 6) is -1.19. The van der Waals surface area contributed by atoms with Crippen LogP contribution in [-0.4, -0.2) is 33.6 Å². The Kier molecular flexibility index (Phi) is 6.49. The second kappa shape index (κ2) is 9.06. The Labute approximate surface area is 173 Å². The molecule has 1 atom stereocenters. The topological polar surface area (TPSA) is 133 Å². The number of nitrogens with one attached hydrogen (secondary N) is 1. The first kappa shape index (κ1) is 21.5. The van der Waals surface area contributed by atoms with Gasteiger partial charge in [-0.05, 0) is 37.0 Å². The van der Waals surface area contributed by atoms with E-state index in [4.69, 9.17) is 10.5 Å². The van der Waals surface area contributed by atoms with E-state index < -0.39 is 24.0 Å². The number of carbonyl (C=O) groups is 3. The van der Waals surface area contributed by atoms with Crippen molar-refractivity contribution in [1.29, 1.82) is 0 Å². The van der Waals surface area contributed by atoms with Crippen molar-refractivity contribution in [2.24, 2.45) is 11.7 Å². The second-order valence-corrected chi connectivity index (χ2v) is 7.80. The summed E-state index contributed by atoms with van der Waals surface area (Å²) >= 11 is 0. The third-order valence-corrected chi connectivity index (χ3v) is 5.15. The van der Waals surface area contributed by atoms with E-state index in [2.05, 4.69) is 4.98 Å². The van der Waals surface area contributed by atoms with Gasteiger partial charge in [0.15, 0.2) is 6.10 Å². The average molecular weight is 414 g/mol. The summed E-state index contributed by atoms with van der Waals surface area (Å²) in [5, 5.41) is 2.36. The molecule has 1 aromatic carbocycles. The van der Waals surface area contributed by atoms with Crippen molar-refractivity contribution in [3.05, 3.63) is 39.9 Å². The molecule has 30 heavy (non-hydrogen) atoms. The third-order valence-electron chi connectivity index (χ3n) is 5.15. The summed E-state index contributed by atoms with van der Waals surface area (Å²) < 4.78 is 7.04. The molecule has 0 saturated carbocycles. The molecule has 3 amide bonds. The molecule has 0 bridgehead atoms. The van der Waals surface area contributed by atoms with Crippen LogP contribution >= 0.6 is 0 Å². The number of imide groups is 1. The Bertz CT molecular complexity index is 1040. The lowest BCUT2D eigenvalue weighted by Gasteiger charge is -2.20. The number of esters is 1. The van der Waals surface area contributed by atoms with E-state index in [1.54, 1.807) is 24.5 Å². The monoisotopic (exact) mass is 414 g/mol. The molecule has 0 aliphatic carbocycles. The largest absolute Gasteiger partial charge is 0.448 e. The van der Waals surface area contributed by atoms with Gasteiger partial charge in [0.05, 0.1) is 16.5 Å². The van der Waals surface area contributed by atoms with Crippen LogP contribution in [0, 0.1) is 5.92 Å². The molecule has 0 spiro atoms. The first-order chi connectivity index (χ1) is 14.3. The Morgan fingerprint density at radius 2 is 1.90 bits per heavy atom. The van der Waals surface area contributed by atoms with Crippen LogP contribution in [-0.2, 0) is 22.5 Å². The van der Waals surface area contributed by atoms with Crippen molar-refractivity contribution in [1.82, 2.24) is 14.9 Å². The summed E-state index contributed by atoms with van der Waals surface area (Å²) in [6.45, 7) is 4.00. The number of rotatable bonds is 4. The minimum atomic E-state index is -1.19. The van der Waals surface area contributed by atoms with Crippen molar-refractivity contribution in [3.8, 4) is 0 Å². The van der Waals surface area contributed by atoms with Gasteiger partial charge in [-0.3, -0.25) is 19.5 Å². The van der Waals surface area contributed by atoms with Crippen molar-refractivity contribution in [3.63, 3.8) is 0 Å². The van der Waals surface area contributed by atoms with Gasteiger partial charge in [-0.25, -0.2) is 14.6 Å². The van der Waals surface area contributed by atoms with Crippen LogP contribution in [0.15, 0.2) is 23.0 Å². The predicted octanol–water partition coefficient (Wildman–Crippen LogP) is 1.89. The zero-order valence-electron chi connectivity index (χ0n) is 17.1. The number of hydrogen-bond donors (Lipinski definition) is 2. The zero-order chi connectivity index (χ0) is 21.8. The first-order valence-corrected chi connectivity index (χ1v) is 10.1. The number of fused-ring (bicyclic) bond motifs is 2. The van der Waals surface area contributed by atoms with Gasteiger partial charge in [0, 0.05) is 13.0 Å². The van der Waals surface area contributed by atoms with Crippen molar-refractivity contribution >= 4 is 28.8 Å². The highest BCUT2D eigenvalue weighted by Gasteiger charge is 2.28. The summed E-state index contributed by atoms with van der Waals surface area (Å²) in [6, 6.07) is 3.52. The fraction of sp³-hybridized carbons (Fsp3) is 0.476. The molecule has 0 fully saturated rings. The Morgan fingerprint density at radius 1 is 1.17 bits per heavy atom. The van der Waals surface area contributed by atoms with Gasteiger partial charge < -0.3 is 10.5 Å². The summed E-state index contributed by atoms with van der Waals surface area (Å²) in [6.07, 6.45) is 3.62. The number of nitrogens with zero attached hydrogens (tertiary/aromatic N) is 2. The number of ether oxygens (including phenoxy) is 1. The van der Waals surface area contributed by atoms with Crippen LogP contribution in [0.25, 0.3) is 10.9 Å². The summed E-state index contributed by atoms with van der Waals surface area (Å²) in [4.78, 5) is 53.2. The van der Waals surface area contributed by atoms with E-state index in [-0.39, 0.29) is 17.0 Å². The lowest BCUT2D eigenvalue weighted by atomic mass is 10.1. The molecule has 9 heteroatoms. The Morgan fingerprint density at radius 3 is 2.60 bits per heavy atom. The van der Waals surface area contributed by atoms with Crippen LogP contribution in [0.1, 0.15) is 55.7 Å². The van der Waals surface area contributed by atoms with Crippen LogP contribution < -0.4 is 16.6 Å². The van der Waals surface area contributed by atoms with Gasteiger partial charge in [-0.15, -0.1) is 0 Å². The van der Waals surface area contributed by atoms with Crippen molar-refractivity contribution in [2.75, 3.05) is 0 Å². The number of urea groups is 1. The SMILES string of the molecule is CC(C)C(OC(=O)c1ccc2c(=O)n3c(nc2c1)CCCCCC3)C(=O)NC(N)=O. The second-order valence-electron chi connectivity index (χ2n) is 7.80. The van der Waals surface area contributed by atoms with Crippen molar-refractivity contribution in [2.45, 2.75) is 58.6 Å². The Balaban J connectivity index is 1.91. The first-order valence-electron chi connectivity index (χ1n) is 10.1. The van der Waals surface area contributed by atoms with Gasteiger partial charge in [-0.2, -0.15) is 0 Å². The maximum Gasteiger partial charge on any atom is 0.338 e. The minimum absolute atomic E-state index is 0.113. The molecule has 1 aliphatic rings. The quantitative estimate of drug-likeness (QED) is 0.734. The van der Waals surface area contributed by atoms with E-state index in [0.717, 1.165) is 31.5 Å². The molecule has 0 saturated heterocycles. The third kappa shape index (κ3) is 4.67. The molecule has 1 unspecified atom stereocenters. The fourth-order valence-corrected chi connectivity index (χ4v) is 3.59. The van der Waals surface area contributed by atoms with E-state index in [1.807, 2.05) is 5.32 Å². The molecular formula is C21H26N4O5. The predicted molar refractivity (Wildman–Crippen MR) is 110 cm³/mol. The van der Waals surface area contributed by atoms with Gasteiger partial charge in [0.2, 0.25) is 0 Å². The number of aryl methyl sites for hydroxylation is 1. The normalized spacial score (nSPS) is 15.0. The number of amides is 3. The number of primary amides is 1. The van der Waals surface area contributed by atoms with Crippen LogP contribution in [0.4, 0.5) is 4.79 Å². The minimum Gasteiger partial charge on any atom is -0.448 e. The van der Waals surface area contributed by atoms with Gasteiger partial charge in [0.25, 0.3) is 11.5 Å². The summed E-state index contributed by atoms with van der Waals surface area (Å²) in [7, 11) is 0. The molecule has 0 radical (unpaired) electrons. The highest BCUT2D eigenvalue weighted by Crippen LogP contribution is 2.18. The summed E-state index contributed by atoms with van der Waals surface area (Å²) in [5.41, 5.74) is 5.45. The van der Waals surface area contributed by atoms with E-state index >= 15 is 0 Å². The molecular weight excluding hydrogens is 388 g/mol. The highest BCUT2D eigenvalue weighted by molar-refractivity contribution is 5.99. The maximum absolute atomic E-state index is 12.9. The smallest absolute Gasteiger partial charge is 0.338 e. The van der Waals surface area contributed by atoms with Gasteiger partial charge in [-0.1, -0.05) is 26.7 Å². The van der Waals surface area contributed by atoms with E-state index in [0.29, 0.717) is 23.9 Å². The standard InChI is InChI=1S/C21H26N4O5/c1-12(2)17(18(26)24-21(22)29)30-20(28)13-8-9-14-15(11-13)23-16-7-5-3-4-6-10-25(16)19(14)27/h8-9,11-12,17H,3-7,10H2,1-2H3,(H3,22,24,26,29). The zero-order valence-corrected chi connectivity index (χ0v) is 17.1. The van der Waals surface area contributed by atoms with Gasteiger partial charge >= 0.3 is 12.0 Å². The number of benzene rings is 1. The highest BCUT2D eigenvalue weighted by atomic mass is 16.5. The number of nitrogens with two attached hydrogens (primary N) is 1. The number of hydrogen-bond acceptors (Lipinski definition) is 6. The molecule has 160 valence electrons. The lowest BCUT2D eigenvalue weighted by Crippen LogP contribution is -2.45. The molecule has 1 aliphatic heterocycles.